The normalized spacial score (nSPS) is 11.7. The van der Waals surface area contributed by atoms with Crippen LogP contribution >= 0.6 is 0 Å². The van der Waals surface area contributed by atoms with Crippen LogP contribution in [0.3, 0.4) is 0 Å². The number of nitrogens with zero attached hydrogens (tertiary/aromatic N) is 2. The zero-order valence-corrected chi connectivity index (χ0v) is 12.8. The summed E-state index contributed by atoms with van der Waals surface area (Å²) in [4.78, 5) is 17.7. The predicted molar refractivity (Wildman–Crippen MR) is 77.3 cm³/mol. The number of ether oxygens (including phenoxy) is 1. The third-order valence-electron chi connectivity index (χ3n) is 2.70. The van der Waals surface area contributed by atoms with Gasteiger partial charge in [0, 0.05) is 12.0 Å². The molecular weight excluding hydrogens is 256 g/mol. The number of carbonyl (C=O) groups excluding carboxylic acids is 1. The highest BCUT2D eigenvalue weighted by atomic mass is 16.5. The van der Waals surface area contributed by atoms with E-state index >= 15 is 0 Å². The van der Waals surface area contributed by atoms with Crippen LogP contribution in [0.1, 0.15) is 39.3 Å². The lowest BCUT2D eigenvalue weighted by atomic mass is 9.94. The van der Waals surface area contributed by atoms with Crippen LogP contribution in [0.4, 0.5) is 0 Å². The number of hydrogen-bond donors (Lipinski definition) is 0. The Balaban J connectivity index is 2.68. The number of rotatable bonds is 7. The molecule has 0 spiro atoms. The minimum atomic E-state index is -0.253. The van der Waals surface area contributed by atoms with Gasteiger partial charge in [0.05, 0.1) is 25.9 Å². The monoisotopic (exact) mass is 280 g/mol. The zero-order valence-electron chi connectivity index (χ0n) is 12.8. The molecule has 0 N–H and O–H groups in total. The number of carbonyl (C=O) groups is 1. The smallest absolute Gasteiger partial charge is 0.320 e. The Labute approximate surface area is 120 Å². The number of esters is 1. The summed E-state index contributed by atoms with van der Waals surface area (Å²) in [7, 11) is 0. The lowest BCUT2D eigenvalue weighted by Gasteiger charge is -2.18. The van der Waals surface area contributed by atoms with Gasteiger partial charge in [0.15, 0.2) is 0 Å². The summed E-state index contributed by atoms with van der Waals surface area (Å²) >= 11 is 0. The van der Waals surface area contributed by atoms with Crippen molar-refractivity contribution in [2.75, 3.05) is 19.7 Å². The highest BCUT2D eigenvalue weighted by Gasteiger charge is 2.20. The summed E-state index contributed by atoms with van der Waals surface area (Å²) in [5.41, 5.74) is -0.0738. The third-order valence-corrected chi connectivity index (χ3v) is 2.70. The van der Waals surface area contributed by atoms with Gasteiger partial charge in [-0.25, -0.2) is 4.98 Å². The van der Waals surface area contributed by atoms with Crippen LogP contribution in [0.2, 0.25) is 0 Å². The van der Waals surface area contributed by atoms with Gasteiger partial charge >= 0.3 is 5.97 Å². The molecule has 1 heterocycles. The average molecular weight is 280 g/mol. The van der Waals surface area contributed by atoms with E-state index in [0.29, 0.717) is 25.6 Å². The second-order valence-electron chi connectivity index (χ2n) is 5.63. The summed E-state index contributed by atoms with van der Waals surface area (Å²) < 4.78 is 10.7. The maximum atomic E-state index is 11.5. The van der Waals surface area contributed by atoms with E-state index in [4.69, 9.17) is 9.15 Å². The van der Waals surface area contributed by atoms with Crippen molar-refractivity contribution < 1.29 is 13.9 Å². The summed E-state index contributed by atoms with van der Waals surface area (Å²) in [6.45, 7) is 13.3. The third kappa shape index (κ3) is 5.17. The van der Waals surface area contributed by atoms with Crippen molar-refractivity contribution in [3.63, 3.8) is 0 Å². The average Bonchev–Trinajstić information content (AvgIpc) is 2.77. The predicted octanol–water partition coefficient (Wildman–Crippen LogP) is 2.52. The Morgan fingerprint density at radius 3 is 2.75 bits per heavy atom. The SMILES string of the molecule is C=CCN(CC(=O)OCC)Cc1ncc(C(C)(C)C)o1. The first kappa shape index (κ1) is 16.4. The fourth-order valence-electron chi connectivity index (χ4n) is 1.68. The van der Waals surface area contributed by atoms with E-state index in [2.05, 4.69) is 32.3 Å². The molecule has 5 nitrogen and oxygen atoms in total. The van der Waals surface area contributed by atoms with E-state index in [1.165, 1.54) is 0 Å². The van der Waals surface area contributed by atoms with Crippen molar-refractivity contribution >= 4 is 5.97 Å². The van der Waals surface area contributed by atoms with Crippen molar-refractivity contribution in [2.45, 2.75) is 39.7 Å². The molecule has 0 saturated heterocycles. The molecule has 0 aliphatic carbocycles. The number of aromatic nitrogens is 1. The zero-order chi connectivity index (χ0) is 15.2. The molecule has 112 valence electrons. The lowest BCUT2D eigenvalue weighted by Crippen LogP contribution is -2.31. The Morgan fingerprint density at radius 1 is 1.55 bits per heavy atom. The van der Waals surface area contributed by atoms with Gasteiger partial charge in [-0.2, -0.15) is 0 Å². The van der Waals surface area contributed by atoms with Crippen molar-refractivity contribution in [2.24, 2.45) is 0 Å². The summed E-state index contributed by atoms with van der Waals surface area (Å²) in [6.07, 6.45) is 3.48. The minimum Gasteiger partial charge on any atom is -0.465 e. The van der Waals surface area contributed by atoms with Gasteiger partial charge in [-0.15, -0.1) is 6.58 Å². The maximum absolute atomic E-state index is 11.5. The molecule has 0 aliphatic rings. The van der Waals surface area contributed by atoms with Crippen LogP contribution in [0.25, 0.3) is 0 Å². The number of oxazole rings is 1. The van der Waals surface area contributed by atoms with Crippen LogP contribution in [-0.4, -0.2) is 35.5 Å². The van der Waals surface area contributed by atoms with Gasteiger partial charge in [-0.3, -0.25) is 9.69 Å². The fourth-order valence-corrected chi connectivity index (χ4v) is 1.68. The largest absolute Gasteiger partial charge is 0.465 e. The van der Waals surface area contributed by atoms with Crippen molar-refractivity contribution in [3.05, 3.63) is 30.5 Å². The standard InChI is InChI=1S/C15H24N2O3/c1-6-8-17(11-14(18)19-7-2)10-13-16-9-12(20-13)15(3,4)5/h6,9H,1,7-8,10-11H2,2-5H3. The fraction of sp³-hybridized carbons (Fsp3) is 0.600. The molecule has 0 radical (unpaired) electrons. The van der Waals surface area contributed by atoms with Gasteiger partial charge in [0.25, 0.3) is 0 Å². The molecule has 0 aliphatic heterocycles. The molecular formula is C15H24N2O3. The second-order valence-corrected chi connectivity index (χ2v) is 5.63. The van der Waals surface area contributed by atoms with Crippen LogP contribution in [0.5, 0.6) is 0 Å². The molecule has 5 heteroatoms. The van der Waals surface area contributed by atoms with Crippen molar-refractivity contribution in [1.82, 2.24) is 9.88 Å². The topological polar surface area (TPSA) is 55.6 Å². The first-order valence-corrected chi connectivity index (χ1v) is 6.81. The van der Waals surface area contributed by atoms with Gasteiger partial charge in [-0.05, 0) is 6.92 Å². The maximum Gasteiger partial charge on any atom is 0.320 e. The second kappa shape index (κ2) is 7.24. The molecule has 0 bridgehead atoms. The summed E-state index contributed by atoms with van der Waals surface area (Å²) in [5, 5.41) is 0. The van der Waals surface area contributed by atoms with Gasteiger partial charge in [0.1, 0.15) is 5.76 Å². The molecule has 0 amide bonds. The number of hydrogen-bond acceptors (Lipinski definition) is 5. The molecule has 20 heavy (non-hydrogen) atoms. The molecule has 1 aromatic heterocycles. The minimum absolute atomic E-state index is 0.0738. The summed E-state index contributed by atoms with van der Waals surface area (Å²) in [5.74, 6) is 1.18. The Bertz CT molecular complexity index is 446. The van der Waals surface area contributed by atoms with Crippen LogP contribution in [-0.2, 0) is 21.5 Å². The first-order valence-electron chi connectivity index (χ1n) is 6.81. The van der Waals surface area contributed by atoms with Gasteiger partial charge in [-0.1, -0.05) is 26.8 Å². The van der Waals surface area contributed by atoms with Crippen LogP contribution in [0, 0.1) is 0 Å². The molecule has 1 rings (SSSR count). The highest BCUT2D eigenvalue weighted by molar-refractivity contribution is 5.71. The van der Waals surface area contributed by atoms with E-state index in [-0.39, 0.29) is 17.9 Å². The molecule has 0 saturated carbocycles. The molecule has 0 unspecified atom stereocenters. The van der Waals surface area contributed by atoms with Gasteiger partial charge in [0.2, 0.25) is 5.89 Å². The van der Waals surface area contributed by atoms with Crippen molar-refractivity contribution in [1.29, 1.82) is 0 Å². The van der Waals surface area contributed by atoms with Gasteiger partial charge < -0.3 is 9.15 Å². The molecule has 1 aromatic rings. The first-order chi connectivity index (χ1) is 9.36. The van der Waals surface area contributed by atoms with E-state index < -0.39 is 0 Å². The quantitative estimate of drug-likeness (QED) is 0.567. The Hall–Kier alpha value is -1.62. The molecule has 0 atom stereocenters. The summed E-state index contributed by atoms with van der Waals surface area (Å²) in [6, 6.07) is 0. The Kier molecular flexibility index (Phi) is 5.95. The molecule has 0 aromatic carbocycles. The van der Waals surface area contributed by atoms with Crippen LogP contribution < -0.4 is 0 Å². The highest BCUT2D eigenvalue weighted by Crippen LogP contribution is 2.23. The van der Waals surface area contributed by atoms with E-state index in [9.17, 15) is 4.79 Å². The molecule has 0 fully saturated rings. The van der Waals surface area contributed by atoms with E-state index in [1.54, 1.807) is 19.2 Å². The van der Waals surface area contributed by atoms with E-state index in [1.807, 2.05) is 4.90 Å². The lowest BCUT2D eigenvalue weighted by molar-refractivity contribution is -0.144. The van der Waals surface area contributed by atoms with Crippen molar-refractivity contribution in [3.8, 4) is 0 Å². The van der Waals surface area contributed by atoms with Crippen LogP contribution in [0.15, 0.2) is 23.3 Å². The Morgan fingerprint density at radius 2 is 2.25 bits per heavy atom. The van der Waals surface area contributed by atoms with E-state index in [0.717, 1.165) is 5.76 Å².